The number of nitrogens with zero attached hydrogens (tertiary/aromatic N) is 3. The summed E-state index contributed by atoms with van der Waals surface area (Å²) in [4.78, 5) is 33.6. The lowest BCUT2D eigenvalue weighted by atomic mass is 9.79. The van der Waals surface area contributed by atoms with Crippen molar-refractivity contribution in [3.8, 4) is 0 Å². The molecule has 3 aromatic rings. The van der Waals surface area contributed by atoms with Gasteiger partial charge in [0.2, 0.25) is 5.91 Å². The predicted octanol–water partition coefficient (Wildman–Crippen LogP) is 6.03. The van der Waals surface area contributed by atoms with Crippen molar-refractivity contribution in [1.29, 1.82) is 0 Å². The molecular formula is C29H29ClF4N4O2. The molecule has 0 aliphatic carbocycles. The van der Waals surface area contributed by atoms with Gasteiger partial charge in [-0.15, -0.1) is 0 Å². The lowest BCUT2D eigenvalue weighted by Gasteiger charge is -2.40. The van der Waals surface area contributed by atoms with Crippen molar-refractivity contribution < 1.29 is 27.2 Å². The van der Waals surface area contributed by atoms with Gasteiger partial charge in [0.15, 0.2) is 0 Å². The number of carbonyl (C=O) groups excluding carboxylic acids is 2. The van der Waals surface area contributed by atoms with Gasteiger partial charge in [0.1, 0.15) is 11.4 Å². The normalized spacial score (nSPS) is 15.4. The zero-order valence-corrected chi connectivity index (χ0v) is 22.6. The number of hydrogen-bond donors (Lipinski definition) is 1. The van der Waals surface area contributed by atoms with E-state index >= 15 is 0 Å². The lowest BCUT2D eigenvalue weighted by Crippen LogP contribution is -2.58. The van der Waals surface area contributed by atoms with E-state index in [4.69, 9.17) is 11.6 Å². The number of aromatic nitrogens is 1. The number of halogens is 5. The Bertz CT molecular complexity index is 1330. The Hall–Kier alpha value is -3.66. The monoisotopic (exact) mass is 576 g/mol. The minimum absolute atomic E-state index is 0.00536. The first-order valence-electron chi connectivity index (χ1n) is 12.9. The molecule has 212 valence electrons. The highest BCUT2D eigenvalue weighted by molar-refractivity contribution is 6.30. The Morgan fingerprint density at radius 1 is 0.950 bits per heavy atom. The summed E-state index contributed by atoms with van der Waals surface area (Å²) in [5.74, 6) is -1.10. The molecule has 1 N–H and O–H groups in total. The molecule has 1 aliphatic rings. The lowest BCUT2D eigenvalue weighted by molar-refractivity contribution is -0.138. The van der Waals surface area contributed by atoms with Gasteiger partial charge < -0.3 is 15.1 Å². The number of rotatable bonds is 7. The Morgan fingerprint density at radius 2 is 1.60 bits per heavy atom. The fraction of sp³-hybridized carbons (Fsp3) is 0.345. The third-order valence-corrected chi connectivity index (χ3v) is 7.12. The maximum absolute atomic E-state index is 14.8. The average Bonchev–Trinajstić information content (AvgIpc) is 2.93. The van der Waals surface area contributed by atoms with Crippen LogP contribution in [0.15, 0.2) is 66.9 Å². The Kier molecular flexibility index (Phi) is 8.98. The summed E-state index contributed by atoms with van der Waals surface area (Å²) >= 11 is 6.07. The first-order valence-corrected chi connectivity index (χ1v) is 13.3. The average molecular weight is 577 g/mol. The summed E-state index contributed by atoms with van der Waals surface area (Å²) in [7, 11) is 0. The topological polar surface area (TPSA) is 65.5 Å². The zero-order chi connectivity index (χ0) is 28.9. The number of piperazine rings is 1. The van der Waals surface area contributed by atoms with Crippen LogP contribution in [0.25, 0.3) is 0 Å². The van der Waals surface area contributed by atoms with Gasteiger partial charge in [0.05, 0.1) is 16.3 Å². The second kappa shape index (κ2) is 12.2. The summed E-state index contributed by atoms with van der Waals surface area (Å²) in [5.41, 5.74) is -2.15. The molecule has 1 saturated heterocycles. The van der Waals surface area contributed by atoms with E-state index in [0.717, 1.165) is 12.1 Å². The fourth-order valence-corrected chi connectivity index (χ4v) is 4.96. The molecular weight excluding hydrogens is 548 g/mol. The van der Waals surface area contributed by atoms with Crippen molar-refractivity contribution in [1.82, 2.24) is 20.1 Å². The first-order chi connectivity index (χ1) is 19.0. The van der Waals surface area contributed by atoms with Gasteiger partial charge in [-0.1, -0.05) is 48.9 Å². The van der Waals surface area contributed by atoms with E-state index in [0.29, 0.717) is 37.6 Å². The van der Waals surface area contributed by atoms with Crippen LogP contribution in [0.1, 0.15) is 42.1 Å². The highest BCUT2D eigenvalue weighted by Crippen LogP contribution is 2.38. The Labute approximate surface area is 234 Å². The van der Waals surface area contributed by atoms with Crippen LogP contribution >= 0.6 is 11.6 Å². The van der Waals surface area contributed by atoms with Crippen LogP contribution in [-0.4, -0.2) is 52.9 Å². The van der Waals surface area contributed by atoms with Crippen LogP contribution in [-0.2, 0) is 22.9 Å². The summed E-state index contributed by atoms with van der Waals surface area (Å²) in [6.45, 7) is 3.03. The molecule has 1 aromatic heterocycles. The summed E-state index contributed by atoms with van der Waals surface area (Å²) in [6, 6.07) is 13.5. The van der Waals surface area contributed by atoms with Crippen LogP contribution in [0.2, 0.25) is 5.02 Å². The largest absolute Gasteiger partial charge is 0.416 e. The molecule has 1 aliphatic heterocycles. The molecule has 0 radical (unpaired) electrons. The molecule has 0 spiro atoms. The van der Waals surface area contributed by atoms with Crippen LogP contribution in [0.3, 0.4) is 0 Å². The van der Waals surface area contributed by atoms with Crippen molar-refractivity contribution in [3.05, 3.63) is 100 Å². The van der Waals surface area contributed by atoms with E-state index in [9.17, 15) is 27.2 Å². The molecule has 1 fully saturated rings. The molecule has 0 unspecified atom stereocenters. The molecule has 1 atom stereocenters. The number of carbonyl (C=O) groups is 2. The molecule has 11 heteroatoms. The molecule has 0 bridgehead atoms. The second-order valence-electron chi connectivity index (χ2n) is 9.70. The number of alkyl halides is 3. The number of urea groups is 1. The van der Waals surface area contributed by atoms with Gasteiger partial charge in [-0.3, -0.25) is 9.78 Å². The van der Waals surface area contributed by atoms with Crippen LogP contribution < -0.4 is 5.32 Å². The van der Waals surface area contributed by atoms with Crippen molar-refractivity contribution in [2.45, 2.75) is 37.9 Å². The molecule has 2 heterocycles. The van der Waals surface area contributed by atoms with E-state index in [2.05, 4.69) is 10.3 Å². The van der Waals surface area contributed by atoms with E-state index in [-0.39, 0.29) is 41.7 Å². The van der Waals surface area contributed by atoms with Crippen LogP contribution in [0, 0.1) is 5.82 Å². The van der Waals surface area contributed by atoms with Gasteiger partial charge in [0, 0.05) is 45.2 Å². The Balaban J connectivity index is 1.79. The molecule has 40 heavy (non-hydrogen) atoms. The fourth-order valence-electron chi connectivity index (χ4n) is 4.84. The van der Waals surface area contributed by atoms with E-state index < -0.39 is 29.1 Å². The van der Waals surface area contributed by atoms with E-state index in [1.807, 2.05) is 6.92 Å². The number of nitrogens with one attached hydrogen (secondary N) is 1. The third kappa shape index (κ3) is 6.72. The summed E-state index contributed by atoms with van der Waals surface area (Å²) in [5, 5.41) is 3.20. The molecule has 6 nitrogen and oxygen atoms in total. The summed E-state index contributed by atoms with van der Waals surface area (Å²) in [6.07, 6.45) is -2.40. The predicted molar refractivity (Wildman–Crippen MR) is 143 cm³/mol. The number of amides is 3. The maximum Gasteiger partial charge on any atom is 0.416 e. The minimum atomic E-state index is -4.83. The molecule has 0 saturated carbocycles. The van der Waals surface area contributed by atoms with Crippen molar-refractivity contribution >= 4 is 23.5 Å². The zero-order valence-electron chi connectivity index (χ0n) is 21.8. The Morgan fingerprint density at radius 3 is 2.20 bits per heavy atom. The van der Waals surface area contributed by atoms with E-state index in [1.165, 1.54) is 23.2 Å². The SMILES string of the molecule is CCCC(=O)N1CCN(C(=O)N[C@@](Cc2ccccc2)(c2cc(F)cc(C(F)(F)F)c2)c2ccc(Cl)cn2)CC1. The van der Waals surface area contributed by atoms with Crippen molar-refractivity contribution in [3.63, 3.8) is 0 Å². The third-order valence-electron chi connectivity index (χ3n) is 6.90. The minimum Gasteiger partial charge on any atom is -0.339 e. The highest BCUT2D eigenvalue weighted by atomic mass is 35.5. The molecule has 4 rings (SSSR count). The van der Waals surface area contributed by atoms with Gasteiger partial charge in [-0.2, -0.15) is 13.2 Å². The quantitative estimate of drug-likeness (QED) is 0.349. The van der Waals surface area contributed by atoms with Crippen molar-refractivity contribution in [2.75, 3.05) is 26.2 Å². The second-order valence-corrected chi connectivity index (χ2v) is 10.1. The van der Waals surface area contributed by atoms with E-state index in [1.54, 1.807) is 35.2 Å². The highest BCUT2D eigenvalue weighted by Gasteiger charge is 2.42. The van der Waals surface area contributed by atoms with Gasteiger partial charge in [-0.25, -0.2) is 9.18 Å². The number of pyridine rings is 1. The molecule has 3 amide bonds. The van der Waals surface area contributed by atoms with Crippen molar-refractivity contribution in [2.24, 2.45) is 0 Å². The standard InChI is InChI=1S/C29H29ClF4N4O2/c1-2-6-26(39)37-11-13-38(14-12-37)27(40)36-28(18-20-7-4-3-5-8-20,25-10-9-23(30)19-35-25)21-15-22(29(32,33)34)17-24(31)16-21/h3-5,7-10,15-17,19H,2,6,11-14,18H2,1H3,(H,36,40)/t28-/m0/s1. The first kappa shape index (κ1) is 29.3. The molecule has 2 aromatic carbocycles. The van der Waals surface area contributed by atoms with Crippen LogP contribution in [0.5, 0.6) is 0 Å². The summed E-state index contributed by atoms with van der Waals surface area (Å²) < 4.78 is 56.2. The number of hydrogen-bond acceptors (Lipinski definition) is 3. The number of benzene rings is 2. The van der Waals surface area contributed by atoms with Gasteiger partial charge in [0.25, 0.3) is 0 Å². The van der Waals surface area contributed by atoms with Gasteiger partial charge >= 0.3 is 12.2 Å². The smallest absolute Gasteiger partial charge is 0.339 e. The van der Waals surface area contributed by atoms with Crippen LogP contribution in [0.4, 0.5) is 22.4 Å². The van der Waals surface area contributed by atoms with Gasteiger partial charge in [-0.05, 0) is 47.9 Å². The maximum atomic E-state index is 14.8.